The molecule has 0 spiro atoms. The van der Waals surface area contributed by atoms with E-state index in [1.807, 2.05) is 52.2 Å². The highest BCUT2D eigenvalue weighted by molar-refractivity contribution is 5.90. The van der Waals surface area contributed by atoms with E-state index in [1.165, 1.54) is 18.4 Å². The van der Waals surface area contributed by atoms with E-state index < -0.39 is 0 Å². The summed E-state index contributed by atoms with van der Waals surface area (Å²) in [6.07, 6.45) is 15.0. The van der Waals surface area contributed by atoms with Crippen LogP contribution < -0.4 is 5.32 Å². The Morgan fingerprint density at radius 2 is 1.91 bits per heavy atom. The Morgan fingerprint density at radius 3 is 2.63 bits per heavy atom. The zero-order chi connectivity index (χ0) is 32.6. The Hall–Kier alpha value is -4.40. The van der Waals surface area contributed by atoms with E-state index in [0.717, 1.165) is 89.3 Å². The predicted octanol–water partition coefficient (Wildman–Crippen LogP) is 7.81. The number of aromatic amines is 2. The average Bonchev–Trinajstić information content (AvgIpc) is 3.64. The minimum Gasteiger partial charge on any atom is -0.340 e. The van der Waals surface area contributed by atoms with Crippen LogP contribution in [-0.2, 0) is 6.42 Å². The third-order valence-corrected chi connectivity index (χ3v) is 8.59. The molecular formula is C38H46FN7. The highest BCUT2D eigenvalue weighted by Gasteiger charge is 2.20. The Morgan fingerprint density at radius 1 is 1.11 bits per heavy atom. The summed E-state index contributed by atoms with van der Waals surface area (Å²) in [6, 6.07) is 9.26. The number of aromatic nitrogens is 5. The van der Waals surface area contributed by atoms with Crippen molar-refractivity contribution in [1.82, 2.24) is 35.4 Å². The molecule has 0 amide bonds. The number of pyridine rings is 1. The summed E-state index contributed by atoms with van der Waals surface area (Å²) < 4.78 is 14.9. The van der Waals surface area contributed by atoms with Crippen LogP contribution in [0.1, 0.15) is 60.8 Å². The van der Waals surface area contributed by atoms with Crippen LogP contribution >= 0.6 is 0 Å². The third kappa shape index (κ3) is 7.87. The molecule has 5 rings (SSSR count). The quantitative estimate of drug-likeness (QED) is 0.133. The number of H-pyrrole nitrogens is 2. The number of benzene rings is 1. The average molecular weight is 620 g/mol. The van der Waals surface area contributed by atoms with Gasteiger partial charge in [-0.2, -0.15) is 5.10 Å². The van der Waals surface area contributed by atoms with Gasteiger partial charge in [0.2, 0.25) is 0 Å². The largest absolute Gasteiger partial charge is 0.340 e. The maximum atomic E-state index is 14.9. The number of hydrogen-bond acceptors (Lipinski definition) is 5. The lowest BCUT2D eigenvalue weighted by Crippen LogP contribution is -2.27. The molecule has 1 aliphatic rings. The van der Waals surface area contributed by atoms with Crippen LogP contribution in [0, 0.1) is 18.7 Å². The molecule has 0 aliphatic carbocycles. The zero-order valence-corrected chi connectivity index (χ0v) is 27.6. The topological polar surface area (TPSA) is 85.5 Å². The monoisotopic (exact) mass is 619 g/mol. The fourth-order valence-corrected chi connectivity index (χ4v) is 6.16. The van der Waals surface area contributed by atoms with Crippen LogP contribution in [0.15, 0.2) is 79.4 Å². The summed E-state index contributed by atoms with van der Waals surface area (Å²) in [6.45, 7) is 15.1. The van der Waals surface area contributed by atoms with Crippen LogP contribution in [0.5, 0.6) is 0 Å². The Labute approximate surface area is 272 Å². The number of aryl methyl sites for hydroxylation is 2. The molecule has 1 aliphatic heterocycles. The fraction of sp³-hybridized carbons (Fsp3) is 0.342. The van der Waals surface area contributed by atoms with Crippen LogP contribution in [0.25, 0.3) is 33.7 Å². The van der Waals surface area contributed by atoms with E-state index in [1.54, 1.807) is 18.2 Å². The number of fused-ring (bicyclic) bond motifs is 1. The molecule has 3 N–H and O–H groups in total. The molecule has 240 valence electrons. The lowest BCUT2D eigenvalue weighted by molar-refractivity contribution is 0.374. The van der Waals surface area contributed by atoms with Crippen molar-refractivity contribution in [2.24, 2.45) is 5.92 Å². The van der Waals surface area contributed by atoms with Gasteiger partial charge < -0.3 is 15.2 Å². The molecule has 0 bridgehead atoms. The summed E-state index contributed by atoms with van der Waals surface area (Å²) in [5.74, 6) is 0.995. The Balaban J connectivity index is 1.46. The predicted molar refractivity (Wildman–Crippen MR) is 189 cm³/mol. The van der Waals surface area contributed by atoms with Gasteiger partial charge in [-0.1, -0.05) is 43.5 Å². The molecule has 1 aromatic carbocycles. The normalized spacial score (nSPS) is 15.2. The summed E-state index contributed by atoms with van der Waals surface area (Å²) in [5.41, 5.74) is 9.39. The van der Waals surface area contributed by atoms with Crippen molar-refractivity contribution in [3.63, 3.8) is 0 Å². The Bertz CT molecular complexity index is 1780. The van der Waals surface area contributed by atoms with Gasteiger partial charge in [0.05, 0.1) is 16.9 Å². The van der Waals surface area contributed by atoms with Crippen molar-refractivity contribution >= 4 is 22.2 Å². The molecule has 0 saturated carbocycles. The molecule has 7 nitrogen and oxygen atoms in total. The lowest BCUT2D eigenvalue weighted by atomic mass is 9.90. The van der Waals surface area contributed by atoms with E-state index in [2.05, 4.69) is 56.8 Å². The van der Waals surface area contributed by atoms with Crippen LogP contribution in [0.3, 0.4) is 0 Å². The van der Waals surface area contributed by atoms with Gasteiger partial charge in [-0.3, -0.25) is 5.10 Å². The lowest BCUT2D eigenvalue weighted by Gasteiger charge is -2.23. The summed E-state index contributed by atoms with van der Waals surface area (Å²) in [4.78, 5) is 15.6. The van der Waals surface area contributed by atoms with Crippen LogP contribution in [0.2, 0.25) is 0 Å². The van der Waals surface area contributed by atoms with Gasteiger partial charge in [0, 0.05) is 11.3 Å². The molecule has 0 unspecified atom stereocenters. The van der Waals surface area contributed by atoms with Crippen molar-refractivity contribution in [3.8, 4) is 11.5 Å². The van der Waals surface area contributed by atoms with Gasteiger partial charge in [-0.15, -0.1) is 0 Å². The minimum atomic E-state index is -0.264. The van der Waals surface area contributed by atoms with E-state index >= 15 is 0 Å². The highest BCUT2D eigenvalue weighted by Crippen LogP contribution is 2.32. The third-order valence-electron chi connectivity index (χ3n) is 8.59. The number of nitrogens with one attached hydrogen (secondary N) is 3. The first-order valence-electron chi connectivity index (χ1n) is 16.2. The molecule has 46 heavy (non-hydrogen) atoms. The molecule has 1 fully saturated rings. The van der Waals surface area contributed by atoms with Gasteiger partial charge in [-0.05, 0) is 138 Å². The van der Waals surface area contributed by atoms with Gasteiger partial charge >= 0.3 is 0 Å². The Kier molecular flexibility index (Phi) is 10.9. The van der Waals surface area contributed by atoms with Crippen molar-refractivity contribution < 1.29 is 4.39 Å². The smallest absolute Gasteiger partial charge is 0.161 e. The number of nitrogens with zero attached hydrogens (tertiary/aromatic N) is 4. The zero-order valence-electron chi connectivity index (χ0n) is 27.6. The maximum Gasteiger partial charge on any atom is 0.161 e. The number of allylic oxidation sites excluding steroid dienone is 7. The highest BCUT2D eigenvalue weighted by atomic mass is 19.1. The van der Waals surface area contributed by atoms with Crippen molar-refractivity contribution in [3.05, 3.63) is 113 Å². The standard InChI is InChI=1S/C38H46FN7/c1-7-11-32(30-22-28(23-31(39)24-30)12-10-19-46(5)6)35-25(4)41-38(43-35)37-36-34(44-45-37)14-13-33(42-36)29(9-3)21-26(8-2)20-27-15-17-40-18-16-27/h7-9,11,13-14,21-24,27,40H,1-2,10,12,15-20H2,3-6H3,(H,41,43)(H,44,45)/b26-21+,29-9+,32-11-. The maximum absolute atomic E-state index is 14.9. The van der Waals surface area contributed by atoms with E-state index in [-0.39, 0.29) is 5.82 Å². The number of imidazole rings is 1. The van der Waals surface area contributed by atoms with Crippen molar-refractivity contribution in [1.29, 1.82) is 0 Å². The first kappa shape index (κ1) is 33.0. The first-order valence-corrected chi connectivity index (χ1v) is 16.2. The van der Waals surface area contributed by atoms with Gasteiger partial charge in [0.1, 0.15) is 11.3 Å². The molecule has 4 heterocycles. The molecule has 0 atom stereocenters. The van der Waals surface area contributed by atoms with E-state index in [4.69, 9.17) is 9.97 Å². The number of hydrogen-bond donors (Lipinski definition) is 3. The number of piperidine rings is 1. The van der Waals surface area contributed by atoms with Crippen LogP contribution in [-0.4, -0.2) is 63.8 Å². The second-order valence-electron chi connectivity index (χ2n) is 12.4. The van der Waals surface area contributed by atoms with E-state index in [0.29, 0.717) is 17.4 Å². The second-order valence-corrected chi connectivity index (χ2v) is 12.4. The summed E-state index contributed by atoms with van der Waals surface area (Å²) in [5, 5.41) is 11.2. The number of rotatable bonds is 13. The van der Waals surface area contributed by atoms with Crippen LogP contribution in [0.4, 0.5) is 4.39 Å². The van der Waals surface area contributed by atoms with Gasteiger partial charge in [0.15, 0.2) is 11.5 Å². The SMILES string of the molecule is C=C/C=C(/c1cc(F)cc(CCCN(C)C)c1)c1nc(-c2n[nH]c3ccc(C(/C=C(\C=C)CC4CCNCC4)=C/C)nc23)[nH]c1C. The van der Waals surface area contributed by atoms with Gasteiger partial charge in [0.25, 0.3) is 0 Å². The first-order chi connectivity index (χ1) is 22.3. The summed E-state index contributed by atoms with van der Waals surface area (Å²) >= 11 is 0. The minimum absolute atomic E-state index is 0.264. The molecule has 8 heteroatoms. The number of halogens is 1. The molecule has 4 aromatic rings. The fourth-order valence-electron chi connectivity index (χ4n) is 6.16. The van der Waals surface area contributed by atoms with Crippen molar-refractivity contribution in [2.75, 3.05) is 33.7 Å². The molecule has 1 saturated heterocycles. The molecule has 3 aromatic heterocycles. The molecular weight excluding hydrogens is 573 g/mol. The van der Waals surface area contributed by atoms with Gasteiger partial charge in [-0.25, -0.2) is 14.4 Å². The summed E-state index contributed by atoms with van der Waals surface area (Å²) in [7, 11) is 4.09. The second kappa shape index (κ2) is 15.3. The van der Waals surface area contributed by atoms with Crippen molar-refractivity contribution in [2.45, 2.75) is 46.0 Å². The molecule has 0 radical (unpaired) electrons. The van der Waals surface area contributed by atoms with E-state index in [9.17, 15) is 4.39 Å².